The van der Waals surface area contributed by atoms with Crippen LogP contribution in [0, 0.1) is 5.82 Å². The van der Waals surface area contributed by atoms with Crippen molar-refractivity contribution in [2.24, 2.45) is 5.73 Å². The van der Waals surface area contributed by atoms with E-state index in [0.717, 1.165) is 52.6 Å². The lowest BCUT2D eigenvalue weighted by molar-refractivity contribution is 0.334. The van der Waals surface area contributed by atoms with E-state index < -0.39 is 5.82 Å². The number of hydrogen-bond donors (Lipinski definition) is 2. The number of rotatable bonds is 9. The summed E-state index contributed by atoms with van der Waals surface area (Å²) in [6.07, 6.45) is 9.36. The minimum absolute atomic E-state index is 0.199. The fourth-order valence-electron chi connectivity index (χ4n) is 5.37. The number of halogens is 1. The summed E-state index contributed by atoms with van der Waals surface area (Å²) in [5, 5.41) is 5.95. The number of benzene rings is 3. The van der Waals surface area contributed by atoms with E-state index >= 15 is 0 Å². The third-order valence-electron chi connectivity index (χ3n) is 7.62. The summed E-state index contributed by atoms with van der Waals surface area (Å²) in [6, 6.07) is 15.7. The van der Waals surface area contributed by atoms with Gasteiger partial charge in [0.2, 0.25) is 0 Å². The van der Waals surface area contributed by atoms with Crippen molar-refractivity contribution >= 4 is 27.4 Å². The Kier molecular flexibility index (Phi) is 10.2. The van der Waals surface area contributed by atoms with E-state index in [1.807, 2.05) is 48.9 Å². The number of nitrogens with two attached hydrogens (primary N) is 1. The molecular formula is C36H43FN4O. The minimum atomic E-state index is -0.393. The first-order valence-electron chi connectivity index (χ1n) is 14.7. The van der Waals surface area contributed by atoms with Gasteiger partial charge in [-0.15, -0.1) is 0 Å². The lowest BCUT2D eigenvalue weighted by atomic mass is 9.92. The molecule has 1 aliphatic rings. The molecule has 5 nitrogen and oxygen atoms in total. The molecule has 3 N–H and O–H groups in total. The van der Waals surface area contributed by atoms with Crippen molar-refractivity contribution in [1.82, 2.24) is 14.8 Å². The van der Waals surface area contributed by atoms with Crippen LogP contribution in [0.25, 0.3) is 33.1 Å². The van der Waals surface area contributed by atoms with Crippen LogP contribution >= 0.6 is 0 Å². The summed E-state index contributed by atoms with van der Waals surface area (Å²) < 4.78 is 16.6. The van der Waals surface area contributed by atoms with Gasteiger partial charge in [0, 0.05) is 48.5 Å². The van der Waals surface area contributed by atoms with Crippen molar-refractivity contribution in [3.63, 3.8) is 0 Å². The van der Waals surface area contributed by atoms with Gasteiger partial charge in [-0.2, -0.15) is 0 Å². The molecule has 220 valence electrons. The number of likely N-dealkylation sites (N-methyl/N-ethyl adjacent to an activating group) is 1. The molecular weight excluding hydrogens is 523 g/mol. The molecule has 42 heavy (non-hydrogen) atoms. The van der Waals surface area contributed by atoms with Crippen LogP contribution in [-0.2, 0) is 6.42 Å². The van der Waals surface area contributed by atoms with Gasteiger partial charge in [0.1, 0.15) is 5.82 Å². The summed E-state index contributed by atoms with van der Waals surface area (Å²) in [5.74, 6) is -0.393. The average Bonchev–Trinajstić information content (AvgIpc) is 2.96. The third-order valence-corrected chi connectivity index (χ3v) is 7.62. The second-order valence-corrected chi connectivity index (χ2v) is 11.2. The third kappa shape index (κ3) is 7.07. The van der Waals surface area contributed by atoms with Gasteiger partial charge in [0.15, 0.2) is 5.43 Å². The zero-order chi connectivity index (χ0) is 30.4. The molecule has 0 saturated carbocycles. The Labute approximate surface area is 248 Å². The van der Waals surface area contributed by atoms with Crippen molar-refractivity contribution in [2.75, 3.05) is 26.7 Å². The van der Waals surface area contributed by atoms with Gasteiger partial charge in [-0.05, 0) is 86.9 Å². The largest absolute Gasteiger partial charge is 0.385 e. The van der Waals surface area contributed by atoms with Crippen LogP contribution in [0.3, 0.4) is 0 Å². The minimum Gasteiger partial charge on any atom is -0.385 e. The zero-order valence-electron chi connectivity index (χ0n) is 25.5. The van der Waals surface area contributed by atoms with E-state index in [9.17, 15) is 9.18 Å². The topological polar surface area (TPSA) is 63.3 Å². The summed E-state index contributed by atoms with van der Waals surface area (Å²) >= 11 is 0. The second-order valence-electron chi connectivity index (χ2n) is 11.2. The summed E-state index contributed by atoms with van der Waals surface area (Å²) in [4.78, 5) is 15.6. The Hall–Kier alpha value is -4.00. The molecule has 6 heteroatoms. The molecule has 1 unspecified atom stereocenters. The molecule has 1 aromatic heterocycles. The molecule has 0 bridgehead atoms. The van der Waals surface area contributed by atoms with E-state index in [1.165, 1.54) is 11.6 Å². The van der Waals surface area contributed by atoms with Crippen molar-refractivity contribution in [3.05, 3.63) is 118 Å². The highest BCUT2D eigenvalue weighted by Gasteiger charge is 2.23. The standard InChI is InChI=1S/C30H27FN2O.C6H16N2/c1-4-5-8-19(2)11-12-32-20(3)27-18-33-28-16-22-10-7-6-9-21(22)13-23(28)14-24-15-25(31)17-26(29(24)33)30(27)34;1-4-8(3)5-6(2)7/h4-10,13,15-18,32H,3,11-12,14H2,1-2H3;6H,4-5,7H2,1-3H3/b5-4-,19-8+;. The van der Waals surface area contributed by atoms with Gasteiger partial charge in [-0.1, -0.05) is 61.6 Å². The molecule has 0 aliphatic carbocycles. The monoisotopic (exact) mass is 566 g/mol. The van der Waals surface area contributed by atoms with Crippen LogP contribution in [0.15, 0.2) is 89.9 Å². The molecule has 4 aromatic rings. The molecule has 1 atom stereocenters. The van der Waals surface area contributed by atoms with Crippen LogP contribution in [0.2, 0.25) is 0 Å². The Morgan fingerprint density at radius 2 is 1.90 bits per heavy atom. The molecule has 5 rings (SSSR count). The quantitative estimate of drug-likeness (QED) is 0.190. The molecule has 0 spiro atoms. The van der Waals surface area contributed by atoms with Crippen LogP contribution in [0.5, 0.6) is 0 Å². The number of pyridine rings is 1. The highest BCUT2D eigenvalue weighted by atomic mass is 19.1. The average molecular weight is 567 g/mol. The van der Waals surface area contributed by atoms with E-state index in [4.69, 9.17) is 5.73 Å². The first-order chi connectivity index (χ1) is 20.1. The van der Waals surface area contributed by atoms with E-state index in [-0.39, 0.29) is 5.43 Å². The van der Waals surface area contributed by atoms with Gasteiger partial charge >= 0.3 is 0 Å². The van der Waals surface area contributed by atoms with E-state index in [2.05, 4.69) is 68.0 Å². The maximum absolute atomic E-state index is 14.6. The fourth-order valence-corrected chi connectivity index (χ4v) is 5.37. The molecule has 0 saturated heterocycles. The maximum atomic E-state index is 14.6. The summed E-state index contributed by atoms with van der Waals surface area (Å²) in [7, 11) is 2.07. The fraction of sp³-hybridized carbons (Fsp3) is 0.306. The van der Waals surface area contributed by atoms with Crippen molar-refractivity contribution in [2.45, 2.75) is 46.6 Å². The lowest BCUT2D eigenvalue weighted by Crippen LogP contribution is -2.32. The SMILES string of the molecule is C=C(NCC/C(C)=C/C=C\C)c1cn2c3c(cc(F)cc3c1=O)Cc1cc3ccccc3cc1-2.CCN(C)CC(C)N. The lowest BCUT2D eigenvalue weighted by Gasteiger charge is -2.25. The van der Waals surface area contributed by atoms with E-state index in [1.54, 1.807) is 6.07 Å². The zero-order valence-corrected chi connectivity index (χ0v) is 25.5. The molecule has 3 aromatic carbocycles. The Morgan fingerprint density at radius 3 is 2.55 bits per heavy atom. The molecule has 0 amide bonds. The van der Waals surface area contributed by atoms with Gasteiger partial charge in [-0.3, -0.25) is 4.79 Å². The highest BCUT2D eigenvalue weighted by Crippen LogP contribution is 2.35. The Balaban J connectivity index is 0.000000446. The van der Waals surface area contributed by atoms with Crippen LogP contribution in [0.1, 0.15) is 50.8 Å². The molecule has 2 heterocycles. The number of nitrogens with one attached hydrogen (secondary N) is 1. The summed E-state index contributed by atoms with van der Waals surface area (Å²) in [6.45, 7) is 15.1. The number of fused-ring (bicyclic) bond motifs is 3. The Morgan fingerprint density at radius 1 is 1.19 bits per heavy atom. The van der Waals surface area contributed by atoms with Crippen LogP contribution in [0.4, 0.5) is 4.39 Å². The highest BCUT2D eigenvalue weighted by molar-refractivity contribution is 5.92. The first-order valence-corrected chi connectivity index (χ1v) is 14.7. The van der Waals surface area contributed by atoms with Crippen molar-refractivity contribution in [3.8, 4) is 5.69 Å². The number of nitrogens with zero attached hydrogens (tertiary/aromatic N) is 2. The summed E-state index contributed by atoms with van der Waals surface area (Å²) in [5.41, 5.74) is 11.3. The number of allylic oxidation sites excluding steroid dienone is 3. The number of hydrogen-bond acceptors (Lipinski definition) is 4. The normalized spacial score (nSPS) is 13.3. The van der Waals surface area contributed by atoms with Crippen molar-refractivity contribution in [1.29, 1.82) is 0 Å². The molecule has 0 radical (unpaired) electrons. The van der Waals surface area contributed by atoms with Gasteiger partial charge in [0.05, 0.1) is 11.1 Å². The Bertz CT molecular complexity index is 1710. The predicted octanol–water partition coefficient (Wildman–Crippen LogP) is 6.95. The van der Waals surface area contributed by atoms with Crippen LogP contribution < -0.4 is 16.5 Å². The van der Waals surface area contributed by atoms with Gasteiger partial charge in [-0.25, -0.2) is 4.39 Å². The van der Waals surface area contributed by atoms with Gasteiger partial charge in [0.25, 0.3) is 0 Å². The van der Waals surface area contributed by atoms with Crippen molar-refractivity contribution < 1.29 is 4.39 Å². The molecule has 1 aliphatic heterocycles. The maximum Gasteiger partial charge on any atom is 0.198 e. The van der Waals surface area contributed by atoms with Gasteiger partial charge < -0.3 is 20.5 Å². The van der Waals surface area contributed by atoms with Crippen LogP contribution in [-0.4, -0.2) is 42.2 Å². The van der Waals surface area contributed by atoms with E-state index in [0.29, 0.717) is 35.7 Å². The second kappa shape index (κ2) is 13.8. The smallest absolute Gasteiger partial charge is 0.198 e. The first kappa shape index (κ1) is 30.9. The number of aromatic nitrogens is 1. The molecule has 0 fully saturated rings. The predicted molar refractivity (Wildman–Crippen MR) is 177 cm³/mol.